The number of alkyl halides is 3. The third kappa shape index (κ3) is 3.54. The average molecular weight is 289 g/mol. The molecule has 1 aromatic rings. The van der Waals surface area contributed by atoms with E-state index >= 15 is 0 Å². The van der Waals surface area contributed by atoms with Crippen molar-refractivity contribution in [3.05, 3.63) is 23.3 Å². The van der Waals surface area contributed by atoms with Crippen LogP contribution in [0.4, 0.5) is 13.2 Å². The predicted octanol–water partition coefficient (Wildman–Crippen LogP) is 2.64. The standard InChI is InChI=1S/C12H10F3NO4/c1-3-19-11(17)9-8(20-12(13,14)15)5-4-7(6-16)10(9)18-2/h4-5H,3H2,1-2H3. The van der Waals surface area contributed by atoms with Gasteiger partial charge >= 0.3 is 12.3 Å². The number of nitrogens with zero attached hydrogens (tertiary/aromatic N) is 1. The quantitative estimate of drug-likeness (QED) is 0.797. The first-order chi connectivity index (χ1) is 9.34. The Labute approximate surface area is 112 Å². The summed E-state index contributed by atoms with van der Waals surface area (Å²) in [5, 5.41) is 8.86. The van der Waals surface area contributed by atoms with Gasteiger partial charge in [-0.05, 0) is 19.1 Å². The summed E-state index contributed by atoms with van der Waals surface area (Å²) >= 11 is 0. The number of carbonyl (C=O) groups is 1. The van der Waals surface area contributed by atoms with Crippen molar-refractivity contribution in [2.45, 2.75) is 13.3 Å². The lowest BCUT2D eigenvalue weighted by Gasteiger charge is -2.15. The number of carbonyl (C=O) groups excluding carboxylic acids is 1. The van der Waals surface area contributed by atoms with Crippen molar-refractivity contribution >= 4 is 5.97 Å². The number of hydrogen-bond donors (Lipinski definition) is 0. The van der Waals surface area contributed by atoms with E-state index in [1.807, 2.05) is 0 Å². The van der Waals surface area contributed by atoms with Crippen LogP contribution in [0.3, 0.4) is 0 Å². The second-order valence-corrected chi connectivity index (χ2v) is 3.40. The highest BCUT2D eigenvalue weighted by Crippen LogP contribution is 2.35. The molecule has 0 saturated heterocycles. The van der Waals surface area contributed by atoms with Gasteiger partial charge in [0.25, 0.3) is 0 Å². The monoisotopic (exact) mass is 289 g/mol. The molecule has 1 aromatic carbocycles. The average Bonchev–Trinajstić information content (AvgIpc) is 2.36. The molecule has 0 amide bonds. The second kappa shape index (κ2) is 6.14. The lowest BCUT2D eigenvalue weighted by Crippen LogP contribution is -2.20. The minimum absolute atomic E-state index is 0.0514. The summed E-state index contributed by atoms with van der Waals surface area (Å²) in [6.45, 7) is 1.44. The molecule has 20 heavy (non-hydrogen) atoms. The zero-order chi connectivity index (χ0) is 15.3. The van der Waals surface area contributed by atoms with Crippen molar-refractivity contribution in [3.63, 3.8) is 0 Å². The molecule has 0 spiro atoms. The molecule has 0 saturated carbocycles. The fraction of sp³-hybridized carbons (Fsp3) is 0.333. The molecule has 0 heterocycles. The second-order valence-electron chi connectivity index (χ2n) is 3.40. The van der Waals surface area contributed by atoms with Gasteiger partial charge in [0, 0.05) is 0 Å². The molecule has 5 nitrogen and oxygen atoms in total. The Kier molecular flexibility index (Phi) is 4.80. The van der Waals surface area contributed by atoms with Gasteiger partial charge in [-0.2, -0.15) is 5.26 Å². The molecule has 0 aliphatic heterocycles. The first-order valence-electron chi connectivity index (χ1n) is 5.38. The smallest absolute Gasteiger partial charge is 0.494 e. The molecule has 108 valence electrons. The van der Waals surface area contributed by atoms with E-state index in [2.05, 4.69) is 9.47 Å². The zero-order valence-electron chi connectivity index (χ0n) is 10.6. The summed E-state index contributed by atoms with van der Waals surface area (Å²) < 4.78 is 50.1. The van der Waals surface area contributed by atoms with Crippen molar-refractivity contribution in [2.75, 3.05) is 13.7 Å². The van der Waals surface area contributed by atoms with Crippen LogP contribution in [0.1, 0.15) is 22.8 Å². The van der Waals surface area contributed by atoms with E-state index in [0.717, 1.165) is 19.2 Å². The molecule has 1 rings (SSSR count). The fourth-order valence-corrected chi connectivity index (χ4v) is 1.47. The van der Waals surface area contributed by atoms with Gasteiger partial charge in [-0.1, -0.05) is 0 Å². The van der Waals surface area contributed by atoms with Crippen LogP contribution in [-0.4, -0.2) is 26.0 Å². The number of hydrogen-bond acceptors (Lipinski definition) is 5. The van der Waals surface area contributed by atoms with Crippen LogP contribution in [0.25, 0.3) is 0 Å². The Morgan fingerprint density at radius 3 is 2.50 bits per heavy atom. The largest absolute Gasteiger partial charge is 0.573 e. The third-order valence-corrected chi connectivity index (χ3v) is 2.15. The van der Waals surface area contributed by atoms with Gasteiger partial charge in [0.15, 0.2) is 5.75 Å². The van der Waals surface area contributed by atoms with Crippen molar-refractivity contribution in [1.29, 1.82) is 5.26 Å². The van der Waals surface area contributed by atoms with E-state index in [4.69, 9.17) is 10.00 Å². The van der Waals surface area contributed by atoms with Gasteiger partial charge in [-0.25, -0.2) is 4.79 Å². The van der Waals surface area contributed by atoms with Gasteiger partial charge in [-0.15, -0.1) is 13.2 Å². The van der Waals surface area contributed by atoms with Gasteiger partial charge in [0.05, 0.1) is 19.3 Å². The number of esters is 1. The molecule has 0 aliphatic carbocycles. The van der Waals surface area contributed by atoms with E-state index in [9.17, 15) is 18.0 Å². The molecule has 8 heteroatoms. The highest BCUT2D eigenvalue weighted by molar-refractivity contribution is 5.96. The lowest BCUT2D eigenvalue weighted by atomic mass is 10.1. The number of halogens is 3. The number of ether oxygens (including phenoxy) is 3. The number of benzene rings is 1. The van der Waals surface area contributed by atoms with Crippen LogP contribution in [0.15, 0.2) is 12.1 Å². The molecule has 0 aliphatic rings. The number of methoxy groups -OCH3 is 1. The summed E-state index contributed by atoms with van der Waals surface area (Å²) in [5.41, 5.74) is -0.684. The Bertz CT molecular complexity index is 549. The molecule has 0 aromatic heterocycles. The van der Waals surface area contributed by atoms with Crippen LogP contribution < -0.4 is 9.47 Å². The van der Waals surface area contributed by atoms with E-state index in [-0.39, 0.29) is 17.9 Å². The fourth-order valence-electron chi connectivity index (χ4n) is 1.47. The molecule has 0 atom stereocenters. The first-order valence-corrected chi connectivity index (χ1v) is 5.38. The molecule has 0 unspecified atom stereocenters. The summed E-state index contributed by atoms with van der Waals surface area (Å²) in [6.07, 6.45) is -4.99. The Morgan fingerprint density at radius 2 is 2.05 bits per heavy atom. The van der Waals surface area contributed by atoms with Crippen LogP contribution in [-0.2, 0) is 4.74 Å². The van der Waals surface area contributed by atoms with Crippen LogP contribution in [0, 0.1) is 11.3 Å². The first kappa shape index (κ1) is 15.6. The molecule has 0 radical (unpaired) electrons. The van der Waals surface area contributed by atoms with Crippen molar-refractivity contribution in [1.82, 2.24) is 0 Å². The molecular weight excluding hydrogens is 279 g/mol. The van der Waals surface area contributed by atoms with E-state index in [1.54, 1.807) is 6.07 Å². The van der Waals surface area contributed by atoms with Crippen molar-refractivity contribution < 1.29 is 32.2 Å². The highest BCUT2D eigenvalue weighted by atomic mass is 19.4. The number of nitriles is 1. The summed E-state index contributed by atoms with van der Waals surface area (Å²) in [4.78, 5) is 11.7. The SMILES string of the molecule is CCOC(=O)c1c(OC(F)(F)F)ccc(C#N)c1OC. The van der Waals surface area contributed by atoms with Crippen molar-refractivity contribution in [3.8, 4) is 17.6 Å². The molecule has 0 N–H and O–H groups in total. The normalized spacial score (nSPS) is 10.6. The Hall–Kier alpha value is -2.43. The highest BCUT2D eigenvalue weighted by Gasteiger charge is 2.35. The molecule has 0 fully saturated rings. The lowest BCUT2D eigenvalue weighted by molar-refractivity contribution is -0.274. The number of rotatable bonds is 4. The topological polar surface area (TPSA) is 68.5 Å². The van der Waals surface area contributed by atoms with Gasteiger partial charge in [0.2, 0.25) is 0 Å². The maximum absolute atomic E-state index is 12.3. The van der Waals surface area contributed by atoms with E-state index in [1.165, 1.54) is 6.92 Å². The third-order valence-electron chi connectivity index (χ3n) is 2.15. The summed E-state index contributed by atoms with van der Waals surface area (Å²) in [6, 6.07) is 3.62. The molecular formula is C12H10F3NO4. The maximum atomic E-state index is 12.3. The predicted molar refractivity (Wildman–Crippen MR) is 60.3 cm³/mol. The zero-order valence-corrected chi connectivity index (χ0v) is 10.6. The van der Waals surface area contributed by atoms with E-state index < -0.39 is 23.6 Å². The summed E-state index contributed by atoms with van der Waals surface area (Å²) in [5.74, 6) is -2.18. The Balaban J connectivity index is 3.44. The maximum Gasteiger partial charge on any atom is 0.573 e. The van der Waals surface area contributed by atoms with Crippen LogP contribution in [0.2, 0.25) is 0 Å². The minimum Gasteiger partial charge on any atom is -0.494 e. The van der Waals surface area contributed by atoms with Gasteiger partial charge < -0.3 is 14.2 Å². The minimum atomic E-state index is -4.99. The van der Waals surface area contributed by atoms with Crippen molar-refractivity contribution in [2.24, 2.45) is 0 Å². The summed E-state index contributed by atoms with van der Waals surface area (Å²) in [7, 11) is 1.12. The van der Waals surface area contributed by atoms with E-state index in [0.29, 0.717) is 0 Å². The van der Waals surface area contributed by atoms with Crippen LogP contribution in [0.5, 0.6) is 11.5 Å². The molecule has 0 bridgehead atoms. The van der Waals surface area contributed by atoms with Crippen LogP contribution >= 0.6 is 0 Å². The van der Waals surface area contributed by atoms with Gasteiger partial charge in [-0.3, -0.25) is 0 Å². The Morgan fingerprint density at radius 1 is 1.40 bits per heavy atom. The van der Waals surface area contributed by atoms with Gasteiger partial charge in [0.1, 0.15) is 17.4 Å².